The summed E-state index contributed by atoms with van der Waals surface area (Å²) in [5.74, 6) is 0.948. The Hall–Kier alpha value is -2.04. The maximum absolute atomic E-state index is 10.5. The number of rotatable bonds is 4. The Labute approximate surface area is 117 Å². The lowest BCUT2D eigenvalue weighted by Crippen LogP contribution is -2.14. The molecule has 0 spiro atoms. The first-order valence-corrected chi connectivity index (χ1v) is 6.53. The van der Waals surface area contributed by atoms with E-state index in [-0.39, 0.29) is 19.3 Å². The molecule has 104 valence electrons. The Morgan fingerprint density at radius 1 is 0.950 bits per heavy atom. The number of fused-ring (bicyclic) bond motifs is 1. The quantitative estimate of drug-likeness (QED) is 0.896. The van der Waals surface area contributed by atoms with Gasteiger partial charge in [0, 0.05) is 5.92 Å². The molecular formula is C16H16O4. The van der Waals surface area contributed by atoms with E-state index in [9.17, 15) is 10.2 Å². The van der Waals surface area contributed by atoms with Crippen LogP contribution >= 0.6 is 0 Å². The van der Waals surface area contributed by atoms with Crippen LogP contribution < -0.4 is 9.47 Å². The second-order valence-corrected chi connectivity index (χ2v) is 4.76. The highest BCUT2D eigenvalue weighted by Gasteiger charge is 2.24. The van der Waals surface area contributed by atoms with Crippen LogP contribution in [0, 0.1) is 0 Å². The van der Waals surface area contributed by atoms with E-state index in [1.807, 2.05) is 30.3 Å². The van der Waals surface area contributed by atoms with Gasteiger partial charge in [-0.15, -0.1) is 0 Å². The smallest absolute Gasteiger partial charge is 0.231 e. The molecule has 3 rings (SSSR count). The molecule has 0 unspecified atom stereocenters. The van der Waals surface area contributed by atoms with Crippen LogP contribution in [0.25, 0.3) is 0 Å². The molecule has 0 radical (unpaired) electrons. The molecule has 2 aromatic carbocycles. The van der Waals surface area contributed by atoms with Gasteiger partial charge < -0.3 is 19.7 Å². The highest BCUT2D eigenvalue weighted by Crippen LogP contribution is 2.37. The molecule has 0 aromatic heterocycles. The van der Waals surface area contributed by atoms with Crippen LogP contribution in [-0.2, 0) is 0 Å². The molecule has 1 aliphatic heterocycles. The van der Waals surface area contributed by atoms with Crippen molar-refractivity contribution in [3.8, 4) is 11.5 Å². The van der Waals surface area contributed by atoms with E-state index < -0.39 is 6.10 Å². The largest absolute Gasteiger partial charge is 0.454 e. The second kappa shape index (κ2) is 5.53. The van der Waals surface area contributed by atoms with E-state index in [0.29, 0.717) is 17.1 Å². The molecular weight excluding hydrogens is 256 g/mol. The third-order valence-electron chi connectivity index (χ3n) is 3.54. The van der Waals surface area contributed by atoms with Gasteiger partial charge in [0.15, 0.2) is 11.5 Å². The summed E-state index contributed by atoms with van der Waals surface area (Å²) in [6.07, 6.45) is -0.795. The van der Waals surface area contributed by atoms with Gasteiger partial charge in [0.2, 0.25) is 6.79 Å². The molecule has 0 bridgehead atoms. The third kappa shape index (κ3) is 2.35. The predicted octanol–water partition coefficient (Wildman–Crippen LogP) is 2.22. The molecule has 2 aromatic rings. The summed E-state index contributed by atoms with van der Waals surface area (Å²) in [5, 5.41) is 20.1. The van der Waals surface area contributed by atoms with Gasteiger partial charge in [0.05, 0.1) is 12.7 Å². The fourth-order valence-electron chi connectivity index (χ4n) is 2.42. The highest BCUT2D eigenvalue weighted by molar-refractivity contribution is 5.45. The Morgan fingerprint density at radius 2 is 1.70 bits per heavy atom. The Bertz CT molecular complexity index is 582. The lowest BCUT2D eigenvalue weighted by Gasteiger charge is -2.22. The molecule has 0 saturated carbocycles. The van der Waals surface area contributed by atoms with Crippen LogP contribution in [0.3, 0.4) is 0 Å². The minimum absolute atomic E-state index is 0.125. The standard InChI is InChI=1S/C16H16O4/c17-9-13(11-4-2-1-3-5-11)16(18)12-6-7-14-15(8-12)20-10-19-14/h1-8,13,16-18H,9-10H2/t13-,16-/m1/s1. The van der Waals surface area contributed by atoms with Crippen molar-refractivity contribution in [2.45, 2.75) is 12.0 Å². The SMILES string of the molecule is OC[C@H](c1ccccc1)[C@H](O)c1ccc2c(c1)OCO2. The first-order chi connectivity index (χ1) is 9.79. The molecule has 0 fully saturated rings. The van der Waals surface area contributed by atoms with E-state index >= 15 is 0 Å². The number of aliphatic hydroxyl groups is 2. The molecule has 4 heteroatoms. The van der Waals surface area contributed by atoms with E-state index in [4.69, 9.17) is 9.47 Å². The van der Waals surface area contributed by atoms with Crippen LogP contribution in [0.1, 0.15) is 23.1 Å². The van der Waals surface area contributed by atoms with Gasteiger partial charge in [-0.2, -0.15) is 0 Å². The first kappa shape index (κ1) is 13.0. The first-order valence-electron chi connectivity index (χ1n) is 6.53. The summed E-state index contributed by atoms with van der Waals surface area (Å²) in [6, 6.07) is 14.8. The van der Waals surface area contributed by atoms with Crippen molar-refractivity contribution in [1.82, 2.24) is 0 Å². The van der Waals surface area contributed by atoms with Gasteiger partial charge in [-0.25, -0.2) is 0 Å². The number of hydrogen-bond acceptors (Lipinski definition) is 4. The zero-order valence-electron chi connectivity index (χ0n) is 10.9. The van der Waals surface area contributed by atoms with E-state index in [1.54, 1.807) is 18.2 Å². The molecule has 0 aliphatic carbocycles. The monoisotopic (exact) mass is 272 g/mol. The van der Waals surface area contributed by atoms with Crippen LogP contribution in [0.15, 0.2) is 48.5 Å². The maximum Gasteiger partial charge on any atom is 0.231 e. The molecule has 20 heavy (non-hydrogen) atoms. The zero-order chi connectivity index (χ0) is 13.9. The molecule has 2 N–H and O–H groups in total. The fourth-order valence-corrected chi connectivity index (χ4v) is 2.42. The molecule has 1 heterocycles. The summed E-state index contributed by atoms with van der Waals surface area (Å²) in [6.45, 7) is 0.0800. The van der Waals surface area contributed by atoms with Crippen molar-refractivity contribution in [2.24, 2.45) is 0 Å². The average Bonchev–Trinajstić information content (AvgIpc) is 2.96. The minimum atomic E-state index is -0.795. The average molecular weight is 272 g/mol. The van der Waals surface area contributed by atoms with Crippen molar-refractivity contribution >= 4 is 0 Å². The van der Waals surface area contributed by atoms with Crippen LogP contribution in [0.4, 0.5) is 0 Å². The summed E-state index contributed by atoms with van der Waals surface area (Å²) in [4.78, 5) is 0. The summed E-state index contributed by atoms with van der Waals surface area (Å²) in [7, 11) is 0. The second-order valence-electron chi connectivity index (χ2n) is 4.76. The summed E-state index contributed by atoms with van der Waals surface area (Å²) in [5.41, 5.74) is 1.61. The summed E-state index contributed by atoms with van der Waals surface area (Å²) < 4.78 is 10.6. The van der Waals surface area contributed by atoms with Crippen molar-refractivity contribution in [3.63, 3.8) is 0 Å². The van der Waals surface area contributed by atoms with Crippen LogP contribution in [0.5, 0.6) is 11.5 Å². The van der Waals surface area contributed by atoms with Crippen molar-refractivity contribution in [1.29, 1.82) is 0 Å². The highest BCUT2D eigenvalue weighted by atomic mass is 16.7. The Morgan fingerprint density at radius 3 is 2.45 bits per heavy atom. The number of ether oxygens (including phenoxy) is 2. The number of benzene rings is 2. The van der Waals surface area contributed by atoms with Gasteiger partial charge in [0.1, 0.15) is 0 Å². The van der Waals surface area contributed by atoms with E-state index in [2.05, 4.69) is 0 Å². The molecule has 1 aliphatic rings. The topological polar surface area (TPSA) is 58.9 Å². The molecule has 2 atom stereocenters. The number of aliphatic hydroxyl groups excluding tert-OH is 2. The van der Waals surface area contributed by atoms with Gasteiger partial charge in [0.25, 0.3) is 0 Å². The lowest BCUT2D eigenvalue weighted by molar-refractivity contribution is 0.107. The molecule has 0 amide bonds. The molecule has 4 nitrogen and oxygen atoms in total. The maximum atomic E-state index is 10.5. The van der Waals surface area contributed by atoms with Gasteiger partial charge in [-0.3, -0.25) is 0 Å². The molecule has 0 saturated heterocycles. The van der Waals surface area contributed by atoms with Gasteiger partial charge in [-0.05, 0) is 23.3 Å². The third-order valence-corrected chi connectivity index (χ3v) is 3.54. The fraction of sp³-hybridized carbons (Fsp3) is 0.250. The van der Waals surface area contributed by atoms with Gasteiger partial charge >= 0.3 is 0 Å². The zero-order valence-corrected chi connectivity index (χ0v) is 10.9. The van der Waals surface area contributed by atoms with Gasteiger partial charge in [-0.1, -0.05) is 36.4 Å². The van der Waals surface area contributed by atoms with Crippen molar-refractivity contribution < 1.29 is 19.7 Å². The number of hydrogen-bond donors (Lipinski definition) is 2. The van der Waals surface area contributed by atoms with E-state index in [0.717, 1.165) is 5.56 Å². The van der Waals surface area contributed by atoms with E-state index in [1.165, 1.54) is 0 Å². The van der Waals surface area contributed by atoms with Crippen LogP contribution in [0.2, 0.25) is 0 Å². The summed E-state index contributed by atoms with van der Waals surface area (Å²) >= 11 is 0. The van der Waals surface area contributed by atoms with Crippen molar-refractivity contribution in [3.05, 3.63) is 59.7 Å². The minimum Gasteiger partial charge on any atom is -0.454 e. The normalized spacial score (nSPS) is 15.9. The lowest BCUT2D eigenvalue weighted by atomic mass is 9.90. The van der Waals surface area contributed by atoms with Crippen LogP contribution in [-0.4, -0.2) is 23.6 Å². The van der Waals surface area contributed by atoms with Crippen molar-refractivity contribution in [2.75, 3.05) is 13.4 Å². The predicted molar refractivity (Wildman–Crippen MR) is 73.8 cm³/mol. The Kier molecular flexibility index (Phi) is 3.58. The Balaban J connectivity index is 1.89.